The number of hydrogen-bond acceptors (Lipinski definition) is 2. The van der Waals surface area contributed by atoms with Gasteiger partial charge in [-0.05, 0) is 19.9 Å². The highest BCUT2D eigenvalue weighted by Crippen LogP contribution is 2.15. The molecule has 1 amide bonds. The molecule has 0 bridgehead atoms. The maximum atomic E-state index is 13.0. The number of alkyl halides is 1. The summed E-state index contributed by atoms with van der Waals surface area (Å²) in [5, 5.41) is 2.12. The third-order valence-electron chi connectivity index (χ3n) is 1.56. The second-order valence-electron chi connectivity index (χ2n) is 3.28. The highest BCUT2D eigenvalue weighted by Gasteiger charge is 2.27. The lowest BCUT2D eigenvalue weighted by atomic mass is 10.1. The number of nitrogens with one attached hydrogen (secondary N) is 1. The number of anilines is 1. The maximum Gasteiger partial charge on any atom is 0.261 e. The molecule has 0 saturated carbocycles. The summed E-state index contributed by atoms with van der Waals surface area (Å²) in [6, 6.07) is 1.26. The van der Waals surface area contributed by atoms with E-state index < -0.39 is 17.4 Å². The van der Waals surface area contributed by atoms with E-state index in [2.05, 4.69) is 10.3 Å². The van der Waals surface area contributed by atoms with Gasteiger partial charge in [0.2, 0.25) is 0 Å². The first-order valence-electron chi connectivity index (χ1n) is 4.01. The normalized spacial score (nSPS) is 11.1. The fourth-order valence-electron chi connectivity index (χ4n) is 0.748. The Balaban J connectivity index is 2.80. The lowest BCUT2D eigenvalue weighted by Crippen LogP contribution is -2.32. The van der Waals surface area contributed by atoms with Crippen LogP contribution < -0.4 is 5.32 Å². The Kier molecular flexibility index (Phi) is 2.78. The van der Waals surface area contributed by atoms with Crippen molar-refractivity contribution >= 4 is 11.6 Å². The van der Waals surface area contributed by atoms with Gasteiger partial charge in [0, 0.05) is 6.20 Å². The van der Waals surface area contributed by atoms with Crippen molar-refractivity contribution in [2.24, 2.45) is 0 Å². The summed E-state index contributed by atoms with van der Waals surface area (Å²) in [7, 11) is 0. The van der Waals surface area contributed by atoms with Crippen molar-refractivity contribution in [3.8, 4) is 0 Å². The van der Waals surface area contributed by atoms with Crippen molar-refractivity contribution < 1.29 is 13.6 Å². The number of rotatable bonds is 2. The first-order chi connectivity index (χ1) is 6.41. The third-order valence-corrected chi connectivity index (χ3v) is 1.56. The molecule has 0 aromatic carbocycles. The first-order valence-corrected chi connectivity index (χ1v) is 4.01. The van der Waals surface area contributed by atoms with Gasteiger partial charge in [-0.25, -0.2) is 8.78 Å². The molecule has 1 aromatic rings. The molecule has 0 aliphatic carbocycles. The predicted molar refractivity (Wildman–Crippen MR) is 48.0 cm³/mol. The molecule has 0 aliphatic heterocycles. The summed E-state index contributed by atoms with van der Waals surface area (Å²) >= 11 is 0. The molecule has 0 radical (unpaired) electrons. The number of hydrogen-bond donors (Lipinski definition) is 1. The van der Waals surface area contributed by atoms with E-state index in [0.29, 0.717) is 0 Å². The minimum absolute atomic E-state index is 0.0734. The number of carbonyl (C=O) groups is 1. The van der Waals surface area contributed by atoms with Crippen molar-refractivity contribution in [3.05, 3.63) is 24.3 Å². The molecule has 0 atom stereocenters. The van der Waals surface area contributed by atoms with Gasteiger partial charge in [0.25, 0.3) is 5.91 Å². The standard InChI is InChI=1S/C9H10F2N2O/c1-9(2,11)8(14)13-7-3-4-12-5-6(7)10/h3-5H,1-2H3,(H,12,13,14). The molecular formula is C9H10F2N2O. The van der Waals surface area contributed by atoms with E-state index in [9.17, 15) is 13.6 Å². The van der Waals surface area contributed by atoms with Crippen LogP contribution in [0.3, 0.4) is 0 Å². The van der Waals surface area contributed by atoms with Gasteiger partial charge >= 0.3 is 0 Å². The fraction of sp³-hybridized carbons (Fsp3) is 0.333. The molecule has 14 heavy (non-hydrogen) atoms. The summed E-state index contributed by atoms with van der Waals surface area (Å²) < 4.78 is 26.0. The Morgan fingerprint density at radius 2 is 2.21 bits per heavy atom. The third kappa shape index (κ3) is 2.48. The summed E-state index contributed by atoms with van der Waals surface area (Å²) in [5.74, 6) is -1.58. The van der Waals surface area contributed by atoms with Crippen LogP contribution in [0.15, 0.2) is 18.5 Å². The number of amides is 1. The number of halogens is 2. The van der Waals surface area contributed by atoms with E-state index in [1.807, 2.05) is 0 Å². The number of aromatic nitrogens is 1. The molecule has 0 saturated heterocycles. The van der Waals surface area contributed by atoms with Crippen LogP contribution in [0.4, 0.5) is 14.5 Å². The first kappa shape index (κ1) is 10.6. The van der Waals surface area contributed by atoms with Gasteiger partial charge in [0.1, 0.15) is 0 Å². The molecule has 3 nitrogen and oxygen atoms in total. The molecule has 5 heteroatoms. The van der Waals surface area contributed by atoms with Gasteiger partial charge in [-0.3, -0.25) is 9.78 Å². The van der Waals surface area contributed by atoms with E-state index in [1.54, 1.807) is 0 Å². The number of nitrogens with zero attached hydrogens (tertiary/aromatic N) is 1. The van der Waals surface area contributed by atoms with Gasteiger partial charge in [-0.1, -0.05) is 0 Å². The molecule has 1 aromatic heterocycles. The molecule has 0 unspecified atom stereocenters. The zero-order chi connectivity index (χ0) is 10.8. The molecule has 1 heterocycles. The Morgan fingerprint density at radius 3 is 2.71 bits per heavy atom. The molecule has 0 spiro atoms. The van der Waals surface area contributed by atoms with E-state index in [-0.39, 0.29) is 5.69 Å². The molecule has 0 fully saturated rings. The van der Waals surface area contributed by atoms with Crippen molar-refractivity contribution in [2.45, 2.75) is 19.5 Å². The lowest BCUT2D eigenvalue weighted by molar-refractivity contribution is -0.125. The molecule has 1 rings (SSSR count). The molecular weight excluding hydrogens is 190 g/mol. The Labute approximate surface area is 80.2 Å². The number of pyridine rings is 1. The smallest absolute Gasteiger partial charge is 0.261 e. The second kappa shape index (κ2) is 3.69. The van der Waals surface area contributed by atoms with Crippen LogP contribution in [0.25, 0.3) is 0 Å². The van der Waals surface area contributed by atoms with Crippen LogP contribution in [-0.4, -0.2) is 16.6 Å². The Morgan fingerprint density at radius 1 is 1.57 bits per heavy atom. The lowest BCUT2D eigenvalue weighted by Gasteiger charge is -2.13. The van der Waals surface area contributed by atoms with Gasteiger partial charge in [0.15, 0.2) is 11.5 Å². The van der Waals surface area contributed by atoms with E-state index in [4.69, 9.17) is 0 Å². The van der Waals surface area contributed by atoms with E-state index >= 15 is 0 Å². The molecule has 76 valence electrons. The number of carbonyl (C=O) groups excluding carboxylic acids is 1. The monoisotopic (exact) mass is 200 g/mol. The topological polar surface area (TPSA) is 42.0 Å². The van der Waals surface area contributed by atoms with Crippen LogP contribution >= 0.6 is 0 Å². The van der Waals surface area contributed by atoms with Crippen molar-refractivity contribution in [1.82, 2.24) is 4.98 Å². The highest BCUT2D eigenvalue weighted by molar-refractivity contribution is 5.96. The zero-order valence-electron chi connectivity index (χ0n) is 7.84. The second-order valence-corrected chi connectivity index (χ2v) is 3.28. The largest absolute Gasteiger partial charge is 0.321 e. The average molecular weight is 200 g/mol. The van der Waals surface area contributed by atoms with Gasteiger partial charge < -0.3 is 5.32 Å². The van der Waals surface area contributed by atoms with Crippen molar-refractivity contribution in [1.29, 1.82) is 0 Å². The van der Waals surface area contributed by atoms with Crippen molar-refractivity contribution in [2.75, 3.05) is 5.32 Å². The van der Waals surface area contributed by atoms with E-state index in [1.165, 1.54) is 12.3 Å². The van der Waals surface area contributed by atoms with Crippen LogP contribution in [0.2, 0.25) is 0 Å². The molecule has 0 aliphatic rings. The van der Waals surface area contributed by atoms with Crippen LogP contribution in [0.5, 0.6) is 0 Å². The van der Waals surface area contributed by atoms with Crippen LogP contribution in [-0.2, 0) is 4.79 Å². The van der Waals surface area contributed by atoms with Crippen molar-refractivity contribution in [3.63, 3.8) is 0 Å². The highest BCUT2D eigenvalue weighted by atomic mass is 19.1. The minimum atomic E-state index is -2.03. The maximum absolute atomic E-state index is 13.0. The van der Waals surface area contributed by atoms with Gasteiger partial charge in [0.05, 0.1) is 11.9 Å². The van der Waals surface area contributed by atoms with E-state index in [0.717, 1.165) is 20.0 Å². The quantitative estimate of drug-likeness (QED) is 0.792. The summed E-state index contributed by atoms with van der Waals surface area (Å²) in [4.78, 5) is 14.6. The van der Waals surface area contributed by atoms with Gasteiger partial charge in [-0.2, -0.15) is 0 Å². The Hall–Kier alpha value is -1.52. The summed E-state index contributed by atoms with van der Waals surface area (Å²) in [6.07, 6.45) is 2.25. The minimum Gasteiger partial charge on any atom is -0.321 e. The average Bonchev–Trinajstić information content (AvgIpc) is 2.07. The van der Waals surface area contributed by atoms with Crippen LogP contribution in [0.1, 0.15) is 13.8 Å². The molecule has 1 N–H and O–H groups in total. The SMILES string of the molecule is CC(C)(F)C(=O)Nc1ccncc1F. The summed E-state index contributed by atoms with van der Waals surface area (Å²) in [5.41, 5.74) is -2.11. The zero-order valence-corrected chi connectivity index (χ0v) is 7.84. The predicted octanol–water partition coefficient (Wildman–Crippen LogP) is 1.91. The van der Waals surface area contributed by atoms with Crippen LogP contribution in [0, 0.1) is 5.82 Å². The fourth-order valence-corrected chi connectivity index (χ4v) is 0.748. The van der Waals surface area contributed by atoms with Gasteiger partial charge in [-0.15, -0.1) is 0 Å². The Bertz CT molecular complexity index is 347. The summed E-state index contributed by atoms with van der Waals surface area (Å²) in [6.45, 7) is 2.20.